The highest BCUT2D eigenvalue weighted by Gasteiger charge is 2.10. The molecular formula is C12H17N3O. The number of aromatic nitrogens is 2. The minimum Gasteiger partial charge on any atom is -0.480 e. The molecule has 0 spiro atoms. The lowest BCUT2D eigenvalue weighted by atomic mass is 10.1. The normalized spacial score (nSPS) is 11.4. The molecule has 0 fully saturated rings. The van der Waals surface area contributed by atoms with E-state index in [1.54, 1.807) is 7.11 Å². The summed E-state index contributed by atoms with van der Waals surface area (Å²) in [5.41, 5.74) is 0.894. The van der Waals surface area contributed by atoms with Crippen molar-refractivity contribution in [3.8, 4) is 17.7 Å². The number of rotatable bonds is 5. The third-order valence-electron chi connectivity index (χ3n) is 2.16. The van der Waals surface area contributed by atoms with E-state index >= 15 is 0 Å². The van der Waals surface area contributed by atoms with Gasteiger partial charge in [0.2, 0.25) is 5.88 Å². The molecule has 16 heavy (non-hydrogen) atoms. The van der Waals surface area contributed by atoms with Crippen molar-refractivity contribution in [3.05, 3.63) is 17.8 Å². The van der Waals surface area contributed by atoms with Crippen molar-refractivity contribution in [1.29, 1.82) is 0 Å². The molecule has 4 nitrogen and oxygen atoms in total. The average Bonchev–Trinajstić information content (AvgIpc) is 2.35. The molecule has 1 atom stereocenters. The summed E-state index contributed by atoms with van der Waals surface area (Å²) in [5.74, 6) is 6.46. The molecule has 0 radical (unpaired) electrons. The van der Waals surface area contributed by atoms with E-state index in [1.165, 1.54) is 0 Å². The second-order valence-electron chi connectivity index (χ2n) is 3.24. The molecule has 0 saturated heterocycles. The van der Waals surface area contributed by atoms with Gasteiger partial charge in [-0.25, -0.2) is 0 Å². The lowest BCUT2D eigenvalue weighted by Crippen LogP contribution is -2.21. The van der Waals surface area contributed by atoms with Crippen molar-refractivity contribution in [2.24, 2.45) is 0 Å². The highest BCUT2D eigenvalue weighted by Crippen LogP contribution is 2.14. The molecule has 1 aromatic rings. The maximum absolute atomic E-state index is 4.97. The molecule has 4 heteroatoms. The maximum atomic E-state index is 4.97. The van der Waals surface area contributed by atoms with Crippen molar-refractivity contribution in [2.75, 3.05) is 13.7 Å². The van der Waals surface area contributed by atoms with Gasteiger partial charge < -0.3 is 10.1 Å². The van der Waals surface area contributed by atoms with Gasteiger partial charge >= 0.3 is 0 Å². The Labute approximate surface area is 96.4 Å². The van der Waals surface area contributed by atoms with E-state index in [0.29, 0.717) is 5.88 Å². The smallest absolute Gasteiger partial charge is 0.233 e. The second-order valence-corrected chi connectivity index (χ2v) is 3.24. The predicted molar refractivity (Wildman–Crippen MR) is 63.1 cm³/mol. The minimum atomic E-state index is 0.135. The molecule has 0 amide bonds. The number of methoxy groups -OCH3 is 1. The van der Waals surface area contributed by atoms with E-state index in [9.17, 15) is 0 Å². The predicted octanol–water partition coefficient (Wildman–Crippen LogP) is 1.55. The van der Waals surface area contributed by atoms with Gasteiger partial charge in [-0.05, 0) is 19.5 Å². The molecule has 0 aliphatic heterocycles. The number of nitrogens with one attached hydrogen (secondary N) is 1. The number of hydrogen-bond acceptors (Lipinski definition) is 4. The second kappa shape index (κ2) is 6.81. The molecule has 0 aliphatic rings. The molecule has 1 rings (SSSR count). The summed E-state index contributed by atoms with van der Waals surface area (Å²) < 4.78 is 4.97. The molecule has 1 heterocycles. The molecule has 1 unspecified atom stereocenters. The zero-order valence-electron chi connectivity index (χ0n) is 9.95. The zero-order valence-corrected chi connectivity index (χ0v) is 9.95. The van der Waals surface area contributed by atoms with E-state index in [2.05, 4.69) is 34.3 Å². The van der Waals surface area contributed by atoms with Crippen LogP contribution in [-0.2, 0) is 0 Å². The summed E-state index contributed by atoms with van der Waals surface area (Å²) >= 11 is 0. The molecular weight excluding hydrogens is 202 g/mol. The van der Waals surface area contributed by atoms with Crippen LogP contribution < -0.4 is 10.1 Å². The van der Waals surface area contributed by atoms with E-state index < -0.39 is 0 Å². The van der Waals surface area contributed by atoms with Crippen LogP contribution in [0.3, 0.4) is 0 Å². The van der Waals surface area contributed by atoms with E-state index in [4.69, 9.17) is 4.74 Å². The van der Waals surface area contributed by atoms with Crippen LogP contribution in [0.5, 0.6) is 5.88 Å². The fraction of sp³-hybridized carbons (Fsp3) is 0.500. The number of nitrogens with zero attached hydrogens (tertiary/aromatic N) is 2. The van der Waals surface area contributed by atoms with Crippen LogP contribution >= 0.6 is 0 Å². The van der Waals surface area contributed by atoms with Crippen LogP contribution in [-0.4, -0.2) is 23.9 Å². The van der Waals surface area contributed by atoms with Crippen LogP contribution in [0.25, 0.3) is 0 Å². The molecule has 1 aromatic heterocycles. The first-order chi connectivity index (χ1) is 7.81. The Morgan fingerprint density at radius 2 is 2.25 bits per heavy atom. The third-order valence-corrected chi connectivity index (χ3v) is 2.16. The number of ether oxygens (including phenoxy) is 1. The maximum Gasteiger partial charge on any atom is 0.233 e. The fourth-order valence-electron chi connectivity index (χ4n) is 1.36. The molecule has 0 aromatic carbocycles. The van der Waals surface area contributed by atoms with Crippen LogP contribution in [0.4, 0.5) is 0 Å². The van der Waals surface area contributed by atoms with Crippen molar-refractivity contribution < 1.29 is 4.74 Å². The zero-order chi connectivity index (χ0) is 11.8. The van der Waals surface area contributed by atoms with Crippen LogP contribution in [0.2, 0.25) is 0 Å². The summed E-state index contributed by atoms with van der Waals surface area (Å²) in [7, 11) is 1.58. The van der Waals surface area contributed by atoms with Gasteiger partial charge in [0.25, 0.3) is 0 Å². The fourth-order valence-corrected chi connectivity index (χ4v) is 1.36. The first-order valence-electron chi connectivity index (χ1n) is 5.32. The number of hydrogen-bond donors (Lipinski definition) is 1. The third kappa shape index (κ3) is 3.52. The Balaban J connectivity index is 2.77. The summed E-state index contributed by atoms with van der Waals surface area (Å²) in [6, 6.07) is 3.86. The first-order valence-corrected chi connectivity index (χ1v) is 5.32. The summed E-state index contributed by atoms with van der Waals surface area (Å²) in [4.78, 5) is 0. The van der Waals surface area contributed by atoms with E-state index in [-0.39, 0.29) is 6.04 Å². The highest BCUT2D eigenvalue weighted by atomic mass is 16.5. The Morgan fingerprint density at radius 3 is 2.75 bits per heavy atom. The van der Waals surface area contributed by atoms with Crippen molar-refractivity contribution >= 4 is 0 Å². The highest BCUT2D eigenvalue weighted by molar-refractivity contribution is 5.16. The Bertz CT molecular complexity index is 364. The average molecular weight is 219 g/mol. The van der Waals surface area contributed by atoms with Gasteiger partial charge in [0, 0.05) is 12.5 Å². The summed E-state index contributed by atoms with van der Waals surface area (Å²) in [6.07, 6.45) is 0.741. The van der Waals surface area contributed by atoms with Gasteiger partial charge in [0.05, 0.1) is 18.8 Å². The van der Waals surface area contributed by atoms with Crippen molar-refractivity contribution in [1.82, 2.24) is 15.5 Å². The standard InChI is InChI=1S/C12H17N3O/c1-4-6-7-10(13-5-2)11-8-9-12(16-3)15-14-11/h8-10,13H,5,7H2,1-3H3. The lowest BCUT2D eigenvalue weighted by Gasteiger charge is -2.13. The van der Waals surface area contributed by atoms with Crippen LogP contribution in [0, 0.1) is 11.8 Å². The molecule has 0 aliphatic carbocycles. The quantitative estimate of drug-likeness (QED) is 0.763. The van der Waals surface area contributed by atoms with Gasteiger partial charge in [0.1, 0.15) is 0 Å². The van der Waals surface area contributed by atoms with Gasteiger partial charge in [-0.15, -0.1) is 16.9 Å². The largest absolute Gasteiger partial charge is 0.480 e. The van der Waals surface area contributed by atoms with Crippen LogP contribution in [0.15, 0.2) is 12.1 Å². The molecule has 86 valence electrons. The SMILES string of the molecule is CC#CCC(NCC)c1ccc(OC)nn1. The van der Waals surface area contributed by atoms with Gasteiger partial charge in [0.15, 0.2) is 0 Å². The molecule has 0 saturated carbocycles. The topological polar surface area (TPSA) is 47.0 Å². The van der Waals surface area contributed by atoms with Crippen molar-refractivity contribution in [3.63, 3.8) is 0 Å². The summed E-state index contributed by atoms with van der Waals surface area (Å²) in [5, 5.41) is 11.4. The van der Waals surface area contributed by atoms with Gasteiger partial charge in [-0.3, -0.25) is 0 Å². The monoisotopic (exact) mass is 219 g/mol. The minimum absolute atomic E-state index is 0.135. The van der Waals surface area contributed by atoms with E-state index in [0.717, 1.165) is 18.7 Å². The lowest BCUT2D eigenvalue weighted by molar-refractivity contribution is 0.389. The Morgan fingerprint density at radius 1 is 1.44 bits per heavy atom. The van der Waals surface area contributed by atoms with Crippen molar-refractivity contribution in [2.45, 2.75) is 26.3 Å². The Kier molecular flexibility index (Phi) is 5.30. The molecule has 1 N–H and O–H groups in total. The Hall–Kier alpha value is -1.60. The van der Waals surface area contributed by atoms with Crippen LogP contribution in [0.1, 0.15) is 32.0 Å². The van der Waals surface area contributed by atoms with E-state index in [1.807, 2.05) is 19.1 Å². The van der Waals surface area contributed by atoms with Gasteiger partial charge in [-0.1, -0.05) is 6.92 Å². The molecule has 0 bridgehead atoms. The summed E-state index contributed by atoms with van der Waals surface area (Å²) in [6.45, 7) is 4.77. The van der Waals surface area contributed by atoms with Gasteiger partial charge in [-0.2, -0.15) is 5.10 Å². The first kappa shape index (κ1) is 12.5.